The number of carboxylic acid groups (broad SMARTS) is 1. The van der Waals surface area contributed by atoms with Gasteiger partial charge in [-0.15, -0.1) is 0 Å². The topological polar surface area (TPSA) is 104 Å². The van der Waals surface area contributed by atoms with Crippen molar-refractivity contribution < 1.29 is 14.6 Å². The van der Waals surface area contributed by atoms with Gasteiger partial charge in [0.25, 0.3) is 0 Å². The lowest BCUT2D eigenvalue weighted by Crippen LogP contribution is -2.41. The van der Waals surface area contributed by atoms with Gasteiger partial charge in [-0.1, -0.05) is 11.6 Å². The lowest BCUT2D eigenvalue weighted by molar-refractivity contribution is 0.0895. The molecule has 0 spiro atoms. The zero-order valence-corrected chi connectivity index (χ0v) is 19.5. The first kappa shape index (κ1) is 22.5. The Morgan fingerprint density at radius 3 is 2.59 bits per heavy atom. The highest BCUT2D eigenvalue weighted by molar-refractivity contribution is 6.32. The van der Waals surface area contributed by atoms with E-state index in [2.05, 4.69) is 25.2 Å². The monoisotopic (exact) mass is 482 g/mol. The Hall–Kier alpha value is -3.33. The van der Waals surface area contributed by atoms with Crippen LogP contribution in [0.4, 0.5) is 22.1 Å². The number of nitrogens with zero attached hydrogens (tertiary/aromatic N) is 5. The van der Waals surface area contributed by atoms with Crippen LogP contribution in [0.25, 0.3) is 10.9 Å². The quantitative estimate of drug-likeness (QED) is 0.527. The maximum atomic E-state index is 11.1. The van der Waals surface area contributed by atoms with Gasteiger partial charge in [-0.25, -0.2) is 19.7 Å². The molecule has 2 saturated heterocycles. The van der Waals surface area contributed by atoms with Crippen LogP contribution in [0.5, 0.6) is 5.75 Å². The normalized spacial score (nSPS) is 17.1. The van der Waals surface area contributed by atoms with E-state index >= 15 is 0 Å². The van der Waals surface area contributed by atoms with Crippen LogP contribution in [-0.2, 0) is 0 Å². The number of hydrogen-bond acceptors (Lipinski definition) is 7. The molecule has 2 aromatic heterocycles. The predicted octanol–water partition coefficient (Wildman–Crippen LogP) is 4.93. The van der Waals surface area contributed by atoms with Gasteiger partial charge in [0.05, 0.1) is 16.7 Å². The van der Waals surface area contributed by atoms with E-state index in [1.165, 1.54) is 30.5 Å². The van der Waals surface area contributed by atoms with Crippen LogP contribution < -0.4 is 15.0 Å². The highest BCUT2D eigenvalue weighted by atomic mass is 35.5. The molecule has 1 aromatic carbocycles. The van der Waals surface area contributed by atoms with Crippen LogP contribution in [0.3, 0.4) is 0 Å². The van der Waals surface area contributed by atoms with E-state index < -0.39 is 6.09 Å². The van der Waals surface area contributed by atoms with Crippen molar-refractivity contribution in [1.82, 2.24) is 19.9 Å². The third kappa shape index (κ3) is 4.94. The largest absolute Gasteiger partial charge is 0.489 e. The van der Waals surface area contributed by atoms with Crippen LogP contribution in [0.2, 0.25) is 5.02 Å². The van der Waals surface area contributed by atoms with Gasteiger partial charge in [0.15, 0.2) is 0 Å². The molecule has 178 valence electrons. The molecule has 1 amide bonds. The van der Waals surface area contributed by atoms with Gasteiger partial charge in [-0.3, -0.25) is 0 Å². The summed E-state index contributed by atoms with van der Waals surface area (Å²) in [6.45, 7) is 2.96. The fourth-order valence-electron chi connectivity index (χ4n) is 4.50. The van der Waals surface area contributed by atoms with Crippen LogP contribution in [0.1, 0.15) is 32.1 Å². The number of fused-ring (bicyclic) bond motifs is 1. The number of amides is 1. The summed E-state index contributed by atoms with van der Waals surface area (Å²) in [5.74, 6) is 2.22. The van der Waals surface area contributed by atoms with E-state index in [0.29, 0.717) is 42.5 Å². The Balaban J connectivity index is 1.31. The first-order chi connectivity index (χ1) is 16.6. The number of nitrogens with one attached hydrogen (secondary N) is 1. The maximum absolute atomic E-state index is 11.1. The van der Waals surface area contributed by atoms with E-state index in [9.17, 15) is 4.79 Å². The predicted molar refractivity (Wildman–Crippen MR) is 131 cm³/mol. The molecule has 34 heavy (non-hydrogen) atoms. The molecule has 5 rings (SSSR count). The van der Waals surface area contributed by atoms with Gasteiger partial charge >= 0.3 is 6.09 Å². The number of pyridine rings is 1. The van der Waals surface area contributed by atoms with Crippen LogP contribution in [-0.4, -0.2) is 63.3 Å². The molecule has 0 unspecified atom stereocenters. The van der Waals surface area contributed by atoms with Crippen molar-refractivity contribution in [2.45, 2.75) is 38.2 Å². The summed E-state index contributed by atoms with van der Waals surface area (Å²) < 4.78 is 6.05. The molecule has 4 heterocycles. The number of carbonyl (C=O) groups is 1. The van der Waals surface area contributed by atoms with Crippen molar-refractivity contribution in [1.29, 1.82) is 0 Å². The van der Waals surface area contributed by atoms with Crippen LogP contribution in [0.15, 0.2) is 36.8 Å². The van der Waals surface area contributed by atoms with Crippen molar-refractivity contribution in [2.24, 2.45) is 0 Å². The summed E-state index contributed by atoms with van der Waals surface area (Å²) in [4.78, 5) is 28.2. The van der Waals surface area contributed by atoms with Crippen molar-refractivity contribution in [3.05, 3.63) is 41.8 Å². The van der Waals surface area contributed by atoms with Crippen molar-refractivity contribution in [3.63, 3.8) is 0 Å². The molecule has 2 aliphatic heterocycles. The number of benzene rings is 1. The smallest absolute Gasteiger partial charge is 0.407 e. The number of likely N-dealkylation sites (tertiary alicyclic amines) is 1. The van der Waals surface area contributed by atoms with E-state index in [0.717, 1.165) is 35.5 Å². The molecule has 2 fully saturated rings. The standard InChI is InChI=1S/C24H27ClN6O3/c25-19-12-16(4-5-21(19)34-17-6-10-31(11-7-17)24(32)33)29-23-18-13-22(30-8-2-1-3-9-30)26-14-20(18)27-15-28-23/h4-5,12-15,17H,1-3,6-11H2,(H,32,33)(H,27,28,29). The fraction of sp³-hybridized carbons (Fsp3) is 0.417. The molecular weight excluding hydrogens is 456 g/mol. The number of aromatic nitrogens is 3. The van der Waals surface area contributed by atoms with Crippen LogP contribution in [0, 0.1) is 0 Å². The Labute approximate surface area is 202 Å². The number of halogens is 1. The van der Waals surface area contributed by atoms with Crippen LogP contribution >= 0.6 is 11.6 Å². The van der Waals surface area contributed by atoms with Gasteiger partial charge in [-0.05, 0) is 43.5 Å². The first-order valence-electron chi connectivity index (χ1n) is 11.6. The number of hydrogen-bond donors (Lipinski definition) is 2. The molecule has 0 aliphatic carbocycles. The second-order valence-corrected chi connectivity index (χ2v) is 9.09. The zero-order chi connectivity index (χ0) is 23.5. The SMILES string of the molecule is O=C(O)N1CCC(Oc2ccc(Nc3ncnc4cnc(N5CCCCC5)cc34)cc2Cl)CC1. The zero-order valence-electron chi connectivity index (χ0n) is 18.8. The Morgan fingerprint density at radius 1 is 1.06 bits per heavy atom. The van der Waals surface area contributed by atoms with Crippen molar-refractivity contribution >= 4 is 45.9 Å². The highest BCUT2D eigenvalue weighted by Gasteiger charge is 2.24. The molecule has 2 N–H and O–H groups in total. The summed E-state index contributed by atoms with van der Waals surface area (Å²) in [7, 11) is 0. The number of rotatable bonds is 5. The highest BCUT2D eigenvalue weighted by Crippen LogP contribution is 2.33. The average Bonchev–Trinajstić information content (AvgIpc) is 2.86. The third-order valence-electron chi connectivity index (χ3n) is 6.39. The maximum Gasteiger partial charge on any atom is 0.407 e. The molecule has 2 aliphatic rings. The molecule has 0 saturated carbocycles. The minimum atomic E-state index is -0.886. The summed E-state index contributed by atoms with van der Waals surface area (Å²) in [5, 5.41) is 13.8. The summed E-state index contributed by atoms with van der Waals surface area (Å²) in [6.07, 6.45) is 7.29. The van der Waals surface area contributed by atoms with E-state index in [-0.39, 0.29) is 6.10 Å². The molecular formula is C24H27ClN6O3. The van der Waals surface area contributed by atoms with Crippen molar-refractivity contribution in [2.75, 3.05) is 36.4 Å². The molecule has 0 radical (unpaired) electrons. The second-order valence-electron chi connectivity index (χ2n) is 8.69. The summed E-state index contributed by atoms with van der Waals surface area (Å²) in [5.41, 5.74) is 1.56. The molecule has 10 heteroatoms. The number of anilines is 3. The minimum absolute atomic E-state index is 0.0570. The lowest BCUT2D eigenvalue weighted by Gasteiger charge is -2.30. The van der Waals surface area contributed by atoms with E-state index in [1.807, 2.05) is 24.3 Å². The summed E-state index contributed by atoms with van der Waals surface area (Å²) >= 11 is 6.52. The second kappa shape index (κ2) is 9.89. The third-order valence-corrected chi connectivity index (χ3v) is 6.68. The Kier molecular flexibility index (Phi) is 6.53. The molecule has 0 atom stereocenters. The van der Waals surface area contributed by atoms with Crippen molar-refractivity contribution in [3.8, 4) is 5.75 Å². The Morgan fingerprint density at radius 2 is 1.85 bits per heavy atom. The molecule has 9 nitrogen and oxygen atoms in total. The lowest BCUT2D eigenvalue weighted by atomic mass is 10.1. The van der Waals surface area contributed by atoms with E-state index in [4.69, 9.17) is 21.4 Å². The first-order valence-corrected chi connectivity index (χ1v) is 12.0. The fourth-order valence-corrected chi connectivity index (χ4v) is 4.72. The molecule has 3 aromatic rings. The average molecular weight is 483 g/mol. The van der Waals surface area contributed by atoms with Gasteiger partial charge in [0.2, 0.25) is 0 Å². The number of ether oxygens (including phenoxy) is 1. The number of piperidine rings is 2. The van der Waals surface area contributed by atoms with Gasteiger partial charge < -0.3 is 25.0 Å². The van der Waals surface area contributed by atoms with Gasteiger partial charge in [0, 0.05) is 50.1 Å². The Bertz CT molecular complexity index is 1180. The summed E-state index contributed by atoms with van der Waals surface area (Å²) in [6, 6.07) is 7.59. The minimum Gasteiger partial charge on any atom is -0.489 e. The van der Waals surface area contributed by atoms with E-state index in [1.54, 1.807) is 6.20 Å². The molecule has 0 bridgehead atoms. The van der Waals surface area contributed by atoms with Gasteiger partial charge in [0.1, 0.15) is 29.8 Å². The van der Waals surface area contributed by atoms with Gasteiger partial charge in [-0.2, -0.15) is 0 Å².